The van der Waals surface area contributed by atoms with Gasteiger partial charge in [0.1, 0.15) is 6.29 Å². The van der Waals surface area contributed by atoms with Gasteiger partial charge in [-0.2, -0.15) is 0 Å². The molecule has 0 N–H and O–H groups in total. The van der Waals surface area contributed by atoms with Crippen molar-refractivity contribution >= 4 is 22.2 Å². The van der Waals surface area contributed by atoms with Gasteiger partial charge in [0.25, 0.3) is 6.43 Å². The summed E-state index contributed by atoms with van der Waals surface area (Å²) in [6.07, 6.45) is -0.653. The zero-order chi connectivity index (χ0) is 10.6. The van der Waals surface area contributed by atoms with Crippen LogP contribution in [0.1, 0.15) is 24.0 Å². The number of carbonyl (C=O) groups excluding carboxylic acids is 1. The summed E-state index contributed by atoms with van der Waals surface area (Å²) < 4.78 is 25.1. The van der Waals surface area contributed by atoms with Crippen molar-refractivity contribution in [3.8, 4) is 0 Å². The van der Waals surface area contributed by atoms with Gasteiger partial charge in [0.05, 0.1) is 0 Å². The minimum atomic E-state index is -2.45. The summed E-state index contributed by atoms with van der Waals surface area (Å²) in [6.45, 7) is 0. The molecule has 0 aromatic heterocycles. The van der Waals surface area contributed by atoms with Crippen LogP contribution in [0.25, 0.3) is 0 Å². The maximum Gasteiger partial charge on any atom is 0.263 e. The fourth-order valence-corrected chi connectivity index (χ4v) is 1.71. The Labute approximate surface area is 89.3 Å². The van der Waals surface area contributed by atoms with Crippen LogP contribution >= 0.6 is 15.9 Å². The highest BCUT2D eigenvalue weighted by Gasteiger charge is 2.08. The highest BCUT2D eigenvalue weighted by molar-refractivity contribution is 9.10. The molecule has 0 aliphatic carbocycles. The molecule has 1 nitrogen and oxygen atoms in total. The Morgan fingerprint density at radius 1 is 1.43 bits per heavy atom. The fraction of sp³-hybridized carbons (Fsp3) is 0.300. The van der Waals surface area contributed by atoms with Gasteiger partial charge < -0.3 is 4.79 Å². The van der Waals surface area contributed by atoms with Gasteiger partial charge >= 0.3 is 0 Å². The smallest absolute Gasteiger partial charge is 0.263 e. The third kappa shape index (κ3) is 2.87. The van der Waals surface area contributed by atoms with Crippen LogP contribution in [0, 0.1) is 0 Å². The molecule has 0 radical (unpaired) electrons. The first-order valence-electron chi connectivity index (χ1n) is 4.15. The van der Waals surface area contributed by atoms with Gasteiger partial charge in [0.2, 0.25) is 0 Å². The van der Waals surface area contributed by atoms with Crippen LogP contribution in [0.3, 0.4) is 0 Å². The van der Waals surface area contributed by atoms with Crippen molar-refractivity contribution in [2.75, 3.05) is 0 Å². The SMILES string of the molecule is O=CCCc1ccc(C(F)F)cc1Br. The minimum Gasteiger partial charge on any atom is -0.303 e. The zero-order valence-corrected chi connectivity index (χ0v) is 8.93. The molecule has 0 saturated carbocycles. The Morgan fingerprint density at radius 3 is 2.64 bits per heavy atom. The third-order valence-electron chi connectivity index (χ3n) is 1.86. The lowest BCUT2D eigenvalue weighted by molar-refractivity contribution is -0.107. The second-order valence-electron chi connectivity index (χ2n) is 2.86. The summed E-state index contributed by atoms with van der Waals surface area (Å²) in [5.41, 5.74) is 0.869. The molecule has 0 fully saturated rings. The van der Waals surface area contributed by atoms with Crippen LogP contribution in [0.15, 0.2) is 22.7 Å². The van der Waals surface area contributed by atoms with Crippen molar-refractivity contribution < 1.29 is 13.6 Å². The largest absolute Gasteiger partial charge is 0.303 e. The summed E-state index contributed by atoms with van der Waals surface area (Å²) in [5, 5.41) is 0. The molecule has 1 rings (SSSR count). The Balaban J connectivity index is 2.84. The highest BCUT2D eigenvalue weighted by Crippen LogP contribution is 2.25. The van der Waals surface area contributed by atoms with Crippen LogP contribution in [-0.2, 0) is 11.2 Å². The molecule has 0 amide bonds. The predicted octanol–water partition coefficient (Wildman–Crippen LogP) is 3.52. The summed E-state index contributed by atoms with van der Waals surface area (Å²) >= 11 is 3.20. The van der Waals surface area contributed by atoms with Crippen molar-refractivity contribution in [1.29, 1.82) is 0 Å². The molecule has 0 bridgehead atoms. The van der Waals surface area contributed by atoms with E-state index in [-0.39, 0.29) is 5.56 Å². The summed E-state index contributed by atoms with van der Waals surface area (Å²) in [7, 11) is 0. The molecule has 0 aliphatic heterocycles. The molecule has 0 atom stereocenters. The molecule has 0 spiro atoms. The van der Waals surface area contributed by atoms with Gasteiger partial charge in [-0.25, -0.2) is 8.78 Å². The molecule has 0 unspecified atom stereocenters. The first-order valence-corrected chi connectivity index (χ1v) is 4.94. The van der Waals surface area contributed by atoms with Crippen molar-refractivity contribution in [3.05, 3.63) is 33.8 Å². The van der Waals surface area contributed by atoms with Crippen molar-refractivity contribution in [2.45, 2.75) is 19.3 Å². The van der Waals surface area contributed by atoms with Crippen molar-refractivity contribution in [3.63, 3.8) is 0 Å². The third-order valence-corrected chi connectivity index (χ3v) is 2.60. The maximum atomic E-state index is 12.3. The van der Waals surface area contributed by atoms with Gasteiger partial charge in [-0.15, -0.1) is 0 Å². The zero-order valence-electron chi connectivity index (χ0n) is 7.34. The Morgan fingerprint density at radius 2 is 2.14 bits per heavy atom. The van der Waals surface area contributed by atoms with E-state index in [1.165, 1.54) is 12.1 Å². The number of hydrogen-bond donors (Lipinski definition) is 0. The van der Waals surface area contributed by atoms with Crippen molar-refractivity contribution in [2.24, 2.45) is 0 Å². The average Bonchev–Trinajstić information content (AvgIpc) is 2.15. The van der Waals surface area contributed by atoms with E-state index in [1.54, 1.807) is 6.07 Å². The second-order valence-corrected chi connectivity index (χ2v) is 3.71. The highest BCUT2D eigenvalue weighted by atomic mass is 79.9. The standard InChI is InChI=1S/C10H9BrF2O/c11-9-6-8(10(12)13)4-3-7(9)2-1-5-14/h3-6,10H,1-2H2. The molecular weight excluding hydrogens is 254 g/mol. The Hall–Kier alpha value is -0.770. The molecule has 1 aromatic rings. The van der Waals surface area contributed by atoms with Crippen LogP contribution in [0.2, 0.25) is 0 Å². The van der Waals surface area contributed by atoms with Gasteiger partial charge in [-0.3, -0.25) is 0 Å². The number of halogens is 3. The quantitative estimate of drug-likeness (QED) is 0.759. The molecule has 14 heavy (non-hydrogen) atoms. The molecule has 76 valence electrons. The lowest BCUT2D eigenvalue weighted by Crippen LogP contribution is -1.91. The number of benzene rings is 1. The summed E-state index contributed by atoms with van der Waals surface area (Å²) in [4.78, 5) is 10.1. The molecular formula is C10H9BrF2O. The summed E-state index contributed by atoms with van der Waals surface area (Å²) in [5.74, 6) is 0. The Kier molecular flexibility index (Phi) is 4.20. The number of aldehydes is 1. The molecule has 1 aromatic carbocycles. The topological polar surface area (TPSA) is 17.1 Å². The van der Waals surface area contributed by atoms with Gasteiger partial charge in [-0.1, -0.05) is 28.1 Å². The van der Waals surface area contributed by atoms with E-state index in [1.807, 2.05) is 0 Å². The monoisotopic (exact) mass is 262 g/mol. The Bertz CT molecular complexity index is 326. The molecule has 0 saturated heterocycles. The number of alkyl halides is 2. The van der Waals surface area contributed by atoms with Crippen molar-refractivity contribution in [1.82, 2.24) is 0 Å². The molecule has 4 heteroatoms. The number of hydrogen-bond acceptors (Lipinski definition) is 1. The normalized spacial score (nSPS) is 10.6. The van der Waals surface area contributed by atoms with E-state index in [2.05, 4.69) is 15.9 Å². The van der Waals surface area contributed by atoms with Gasteiger partial charge in [-0.05, 0) is 18.1 Å². The lowest BCUT2D eigenvalue weighted by atomic mass is 10.1. The van der Waals surface area contributed by atoms with E-state index in [0.29, 0.717) is 17.3 Å². The van der Waals surface area contributed by atoms with Crippen LogP contribution in [-0.4, -0.2) is 6.29 Å². The molecule has 0 aliphatic rings. The van der Waals surface area contributed by atoms with E-state index in [0.717, 1.165) is 11.8 Å². The second kappa shape index (κ2) is 5.20. The summed E-state index contributed by atoms with van der Waals surface area (Å²) in [6, 6.07) is 4.40. The van der Waals surface area contributed by atoms with E-state index < -0.39 is 6.43 Å². The average molecular weight is 263 g/mol. The van der Waals surface area contributed by atoms with Gasteiger partial charge in [0, 0.05) is 16.5 Å². The van der Waals surface area contributed by atoms with E-state index in [4.69, 9.17) is 0 Å². The number of carbonyl (C=O) groups is 1. The minimum absolute atomic E-state index is 0.00766. The van der Waals surface area contributed by atoms with Crippen LogP contribution in [0.5, 0.6) is 0 Å². The molecule has 0 heterocycles. The van der Waals surface area contributed by atoms with Crippen LogP contribution < -0.4 is 0 Å². The number of aryl methyl sites for hydroxylation is 1. The first kappa shape index (κ1) is 11.3. The maximum absolute atomic E-state index is 12.3. The lowest BCUT2D eigenvalue weighted by Gasteiger charge is -2.05. The predicted molar refractivity (Wildman–Crippen MR) is 53.5 cm³/mol. The fourth-order valence-electron chi connectivity index (χ4n) is 1.12. The number of rotatable bonds is 4. The van der Waals surface area contributed by atoms with Crippen LogP contribution in [0.4, 0.5) is 8.78 Å². The van der Waals surface area contributed by atoms with E-state index in [9.17, 15) is 13.6 Å². The first-order chi connectivity index (χ1) is 6.65. The van der Waals surface area contributed by atoms with Gasteiger partial charge in [0.15, 0.2) is 0 Å². The van der Waals surface area contributed by atoms with E-state index >= 15 is 0 Å².